The second-order valence-corrected chi connectivity index (χ2v) is 4.49. The number of benzene rings is 1. The van der Waals surface area contributed by atoms with Gasteiger partial charge in [-0.05, 0) is 30.7 Å². The molecule has 0 radical (unpaired) electrons. The number of esters is 1. The van der Waals surface area contributed by atoms with Crippen molar-refractivity contribution < 1.29 is 23.8 Å². The van der Waals surface area contributed by atoms with Crippen molar-refractivity contribution in [2.45, 2.75) is 12.8 Å². The second kappa shape index (κ2) is 8.26. The summed E-state index contributed by atoms with van der Waals surface area (Å²) < 4.78 is 15.0. The molecule has 1 aromatic carbocycles. The predicted molar refractivity (Wildman–Crippen MR) is 77.4 cm³/mol. The van der Waals surface area contributed by atoms with E-state index in [-0.39, 0.29) is 25.2 Å². The third-order valence-corrected chi connectivity index (χ3v) is 3.16. The van der Waals surface area contributed by atoms with Gasteiger partial charge in [0.25, 0.3) is 0 Å². The number of nitrogens with two attached hydrogens (primary N) is 1. The third kappa shape index (κ3) is 4.46. The maximum Gasteiger partial charge on any atom is 0.316 e. The lowest BCUT2D eigenvalue weighted by molar-refractivity contribution is -0.149. The molecule has 0 amide bonds. The summed E-state index contributed by atoms with van der Waals surface area (Å²) in [5.74, 6) is -0.477. The number of rotatable bonds is 8. The number of carbonyl (C=O) groups excluding carboxylic acids is 2. The van der Waals surface area contributed by atoms with Crippen molar-refractivity contribution in [1.82, 2.24) is 0 Å². The Morgan fingerprint density at radius 3 is 2.33 bits per heavy atom. The van der Waals surface area contributed by atoms with Crippen LogP contribution in [-0.2, 0) is 20.7 Å². The van der Waals surface area contributed by atoms with E-state index in [1.807, 2.05) is 0 Å². The average molecular weight is 295 g/mol. The molecular formula is C15H21NO5. The normalized spacial score (nSPS) is 11.6. The van der Waals surface area contributed by atoms with Crippen LogP contribution in [0.1, 0.15) is 12.0 Å². The topological polar surface area (TPSA) is 87.9 Å². The van der Waals surface area contributed by atoms with Gasteiger partial charge >= 0.3 is 5.97 Å². The van der Waals surface area contributed by atoms with Crippen LogP contribution >= 0.6 is 0 Å². The zero-order chi connectivity index (χ0) is 15.8. The van der Waals surface area contributed by atoms with Crippen LogP contribution in [0.15, 0.2) is 18.2 Å². The van der Waals surface area contributed by atoms with Crippen molar-refractivity contribution in [3.05, 3.63) is 23.8 Å². The molecule has 0 aliphatic rings. The highest BCUT2D eigenvalue weighted by Crippen LogP contribution is 2.28. The minimum atomic E-state index is -0.826. The van der Waals surface area contributed by atoms with Crippen molar-refractivity contribution in [2.24, 2.45) is 11.7 Å². The van der Waals surface area contributed by atoms with Crippen LogP contribution in [0.3, 0.4) is 0 Å². The first-order chi connectivity index (χ1) is 10.1. The molecule has 1 atom stereocenters. The Bertz CT molecular complexity index is 501. The zero-order valence-corrected chi connectivity index (χ0v) is 12.5. The van der Waals surface area contributed by atoms with Crippen molar-refractivity contribution in [3.63, 3.8) is 0 Å². The molecule has 0 spiro atoms. The number of hydrogen-bond donors (Lipinski definition) is 1. The average Bonchev–Trinajstić information content (AvgIpc) is 2.51. The standard InChI is InChI=1S/C15H21NO5/c1-19-13-5-4-10(9-14(13)20-2)8-12(17)11(6-7-16)15(18)21-3/h4-5,9,11H,6-8,16H2,1-3H3. The lowest BCUT2D eigenvalue weighted by Crippen LogP contribution is -2.29. The molecule has 0 bridgehead atoms. The molecule has 2 N–H and O–H groups in total. The maximum atomic E-state index is 12.2. The first-order valence-corrected chi connectivity index (χ1v) is 6.58. The minimum absolute atomic E-state index is 0.111. The Balaban J connectivity index is 2.88. The van der Waals surface area contributed by atoms with Gasteiger partial charge in [-0.3, -0.25) is 9.59 Å². The van der Waals surface area contributed by atoms with E-state index in [0.717, 1.165) is 5.56 Å². The van der Waals surface area contributed by atoms with Gasteiger partial charge < -0.3 is 19.9 Å². The molecule has 0 aliphatic heterocycles. The van der Waals surface area contributed by atoms with Crippen LogP contribution in [0.2, 0.25) is 0 Å². The monoisotopic (exact) mass is 295 g/mol. The number of methoxy groups -OCH3 is 3. The van der Waals surface area contributed by atoms with Gasteiger partial charge in [-0.25, -0.2) is 0 Å². The number of ketones is 1. The molecule has 1 rings (SSSR count). The number of Topliss-reactive ketones (excluding diaryl/α,β-unsaturated/α-hetero) is 1. The van der Waals surface area contributed by atoms with Gasteiger partial charge in [0.05, 0.1) is 21.3 Å². The van der Waals surface area contributed by atoms with E-state index in [2.05, 4.69) is 4.74 Å². The van der Waals surface area contributed by atoms with E-state index in [1.54, 1.807) is 18.2 Å². The fourth-order valence-electron chi connectivity index (χ4n) is 2.03. The molecule has 1 aromatic rings. The Labute approximate surface area is 124 Å². The Morgan fingerprint density at radius 1 is 1.14 bits per heavy atom. The van der Waals surface area contributed by atoms with Crippen molar-refractivity contribution in [3.8, 4) is 11.5 Å². The molecular weight excluding hydrogens is 274 g/mol. The van der Waals surface area contributed by atoms with Crippen LogP contribution in [0.4, 0.5) is 0 Å². The number of carbonyl (C=O) groups is 2. The van der Waals surface area contributed by atoms with Crippen LogP contribution < -0.4 is 15.2 Å². The molecule has 0 fully saturated rings. The summed E-state index contributed by atoms with van der Waals surface area (Å²) in [5, 5.41) is 0. The fourth-order valence-corrected chi connectivity index (χ4v) is 2.03. The smallest absolute Gasteiger partial charge is 0.316 e. The largest absolute Gasteiger partial charge is 0.493 e. The lowest BCUT2D eigenvalue weighted by atomic mass is 9.95. The van der Waals surface area contributed by atoms with Crippen LogP contribution in [0.5, 0.6) is 11.5 Å². The van der Waals surface area contributed by atoms with Crippen molar-refractivity contribution >= 4 is 11.8 Å². The van der Waals surface area contributed by atoms with Gasteiger partial charge in [0.1, 0.15) is 5.92 Å². The molecule has 6 heteroatoms. The van der Waals surface area contributed by atoms with E-state index < -0.39 is 11.9 Å². The summed E-state index contributed by atoms with van der Waals surface area (Å²) in [6.07, 6.45) is 0.388. The Morgan fingerprint density at radius 2 is 1.81 bits per heavy atom. The van der Waals surface area contributed by atoms with Crippen LogP contribution in [0, 0.1) is 5.92 Å². The minimum Gasteiger partial charge on any atom is -0.493 e. The van der Waals surface area contributed by atoms with Gasteiger partial charge in [-0.2, -0.15) is 0 Å². The zero-order valence-electron chi connectivity index (χ0n) is 12.5. The van der Waals surface area contributed by atoms with E-state index in [9.17, 15) is 9.59 Å². The highest BCUT2D eigenvalue weighted by Gasteiger charge is 2.26. The fraction of sp³-hybridized carbons (Fsp3) is 0.467. The van der Waals surface area contributed by atoms with Gasteiger partial charge in [0, 0.05) is 6.42 Å². The molecule has 21 heavy (non-hydrogen) atoms. The molecule has 0 heterocycles. The SMILES string of the molecule is COC(=O)C(CCN)C(=O)Cc1ccc(OC)c(OC)c1. The third-order valence-electron chi connectivity index (χ3n) is 3.16. The molecule has 0 aromatic heterocycles. The number of hydrogen-bond acceptors (Lipinski definition) is 6. The summed E-state index contributed by atoms with van der Waals surface area (Å²) >= 11 is 0. The van der Waals surface area contributed by atoms with Gasteiger partial charge in [-0.1, -0.05) is 6.07 Å². The maximum absolute atomic E-state index is 12.2. The summed E-state index contributed by atoms with van der Waals surface area (Å²) in [4.78, 5) is 23.8. The molecule has 0 aliphatic carbocycles. The molecule has 1 unspecified atom stereocenters. The molecule has 0 saturated carbocycles. The summed E-state index contributed by atoms with van der Waals surface area (Å²) in [6, 6.07) is 5.20. The number of ether oxygens (including phenoxy) is 3. The van der Waals surface area contributed by atoms with Crippen LogP contribution in [-0.4, -0.2) is 39.6 Å². The van der Waals surface area contributed by atoms with Gasteiger partial charge in [-0.15, -0.1) is 0 Å². The van der Waals surface area contributed by atoms with Crippen molar-refractivity contribution in [2.75, 3.05) is 27.9 Å². The predicted octanol–water partition coefficient (Wildman–Crippen LogP) is 0.953. The quantitative estimate of drug-likeness (QED) is 0.567. The molecule has 0 saturated heterocycles. The van der Waals surface area contributed by atoms with Gasteiger partial charge in [0.15, 0.2) is 17.3 Å². The highest BCUT2D eigenvalue weighted by atomic mass is 16.5. The lowest BCUT2D eigenvalue weighted by Gasteiger charge is -2.13. The first kappa shape index (κ1) is 17.0. The van der Waals surface area contributed by atoms with E-state index >= 15 is 0 Å². The second-order valence-electron chi connectivity index (χ2n) is 4.49. The van der Waals surface area contributed by atoms with E-state index in [1.165, 1.54) is 21.3 Å². The Hall–Kier alpha value is -2.08. The molecule has 6 nitrogen and oxygen atoms in total. The summed E-state index contributed by atoms with van der Waals surface area (Å²) in [7, 11) is 4.32. The molecule has 116 valence electrons. The van der Waals surface area contributed by atoms with E-state index in [4.69, 9.17) is 15.2 Å². The first-order valence-electron chi connectivity index (χ1n) is 6.58. The van der Waals surface area contributed by atoms with Gasteiger partial charge in [0.2, 0.25) is 0 Å². The highest BCUT2D eigenvalue weighted by molar-refractivity contribution is 5.99. The van der Waals surface area contributed by atoms with Crippen molar-refractivity contribution in [1.29, 1.82) is 0 Å². The van der Waals surface area contributed by atoms with Crippen LogP contribution in [0.25, 0.3) is 0 Å². The van der Waals surface area contributed by atoms with E-state index in [0.29, 0.717) is 11.5 Å². The summed E-state index contributed by atoms with van der Waals surface area (Å²) in [6.45, 7) is 0.247. The Kier molecular flexibility index (Phi) is 6.68. The summed E-state index contributed by atoms with van der Waals surface area (Å²) in [5.41, 5.74) is 6.18.